The first-order valence-electron chi connectivity index (χ1n) is 8.57. The number of halogens is 2. The van der Waals surface area contributed by atoms with Gasteiger partial charge in [-0.05, 0) is 31.0 Å². The number of benzene rings is 1. The lowest BCUT2D eigenvalue weighted by Crippen LogP contribution is -2.40. The van der Waals surface area contributed by atoms with Crippen LogP contribution in [0.1, 0.15) is 18.9 Å². The van der Waals surface area contributed by atoms with E-state index in [0.717, 1.165) is 43.1 Å². The van der Waals surface area contributed by atoms with Crippen molar-refractivity contribution < 1.29 is 9.47 Å². The molecule has 1 aromatic rings. The van der Waals surface area contributed by atoms with Gasteiger partial charge in [0, 0.05) is 37.1 Å². The van der Waals surface area contributed by atoms with Crippen LogP contribution in [0, 0.1) is 5.92 Å². The molecule has 5 nitrogen and oxygen atoms in total. The maximum absolute atomic E-state index is 5.67. The molecule has 1 atom stereocenters. The number of nitrogens with one attached hydrogen (secondary N) is 1. The zero-order chi connectivity index (χ0) is 17.2. The number of ether oxygens (including phenoxy) is 2. The number of hydrogen-bond acceptors (Lipinski definition) is 3. The Kier molecular flexibility index (Phi) is 11.7. The summed E-state index contributed by atoms with van der Waals surface area (Å²) in [7, 11) is 1.70. The molecule has 25 heavy (non-hydrogen) atoms. The van der Waals surface area contributed by atoms with Crippen molar-refractivity contribution in [2.75, 3.05) is 46.6 Å². The molecule has 1 aliphatic rings. The van der Waals surface area contributed by atoms with E-state index in [4.69, 9.17) is 14.5 Å². The largest absolute Gasteiger partial charge is 0.382 e. The highest BCUT2D eigenvalue weighted by atomic mass is 127. The summed E-state index contributed by atoms with van der Waals surface area (Å²) in [5.74, 6) is 1.57. The lowest BCUT2D eigenvalue weighted by molar-refractivity contribution is 0.0536. The van der Waals surface area contributed by atoms with Crippen LogP contribution in [-0.4, -0.2) is 57.4 Å². The Hall–Kier alpha value is -0.380. The predicted octanol–water partition coefficient (Wildman–Crippen LogP) is 3.52. The van der Waals surface area contributed by atoms with E-state index in [0.29, 0.717) is 25.7 Å². The van der Waals surface area contributed by atoms with Crippen LogP contribution in [0.2, 0.25) is 0 Å². The molecule has 0 aromatic heterocycles. The van der Waals surface area contributed by atoms with Gasteiger partial charge in [-0.15, -0.1) is 24.0 Å². The zero-order valence-corrected chi connectivity index (χ0v) is 19.0. The Labute approximate surface area is 176 Å². The number of guanidine groups is 1. The lowest BCUT2D eigenvalue weighted by atomic mass is 10.1. The van der Waals surface area contributed by atoms with E-state index in [1.54, 1.807) is 7.11 Å². The van der Waals surface area contributed by atoms with E-state index in [-0.39, 0.29) is 24.0 Å². The van der Waals surface area contributed by atoms with Crippen molar-refractivity contribution in [3.05, 3.63) is 34.3 Å². The van der Waals surface area contributed by atoms with Gasteiger partial charge in [0.05, 0.1) is 26.4 Å². The summed E-state index contributed by atoms with van der Waals surface area (Å²) in [6, 6.07) is 8.32. The van der Waals surface area contributed by atoms with Crippen LogP contribution in [0.3, 0.4) is 0 Å². The first-order valence-corrected chi connectivity index (χ1v) is 9.36. The van der Waals surface area contributed by atoms with E-state index in [1.165, 1.54) is 5.56 Å². The van der Waals surface area contributed by atoms with Crippen molar-refractivity contribution in [1.82, 2.24) is 10.2 Å². The van der Waals surface area contributed by atoms with Crippen molar-refractivity contribution in [3.8, 4) is 0 Å². The standard InChI is InChI=1S/C18H28BrN3O2.HI/c1-3-20-18(21-12-15-4-6-17(19)7-5-15)22-9-8-16(13-22)14-24-11-10-23-2;/h4-7,16H,3,8-14H2,1-2H3,(H,20,21);1H. The molecule has 0 aliphatic carbocycles. The third-order valence-electron chi connectivity index (χ3n) is 4.03. The number of methoxy groups -OCH3 is 1. The molecule has 1 fully saturated rings. The Bertz CT molecular complexity index is 514. The third kappa shape index (κ3) is 8.23. The molecule has 142 valence electrons. The monoisotopic (exact) mass is 525 g/mol. The Morgan fingerprint density at radius 2 is 2.08 bits per heavy atom. The van der Waals surface area contributed by atoms with Crippen molar-refractivity contribution in [3.63, 3.8) is 0 Å². The second kappa shape index (κ2) is 12.9. The van der Waals surface area contributed by atoms with Crippen LogP contribution in [-0.2, 0) is 16.0 Å². The van der Waals surface area contributed by atoms with Crippen molar-refractivity contribution in [1.29, 1.82) is 0 Å². The number of nitrogens with zero attached hydrogens (tertiary/aromatic N) is 2. The summed E-state index contributed by atoms with van der Waals surface area (Å²) < 4.78 is 11.8. The summed E-state index contributed by atoms with van der Waals surface area (Å²) in [5, 5.41) is 3.41. The SMILES string of the molecule is CCNC(=NCc1ccc(Br)cc1)N1CCC(COCCOC)C1.I. The highest BCUT2D eigenvalue weighted by molar-refractivity contribution is 14.0. The maximum atomic E-state index is 5.67. The van der Waals surface area contributed by atoms with E-state index < -0.39 is 0 Å². The molecule has 1 heterocycles. The molecule has 0 spiro atoms. The zero-order valence-electron chi connectivity index (χ0n) is 15.0. The topological polar surface area (TPSA) is 46.1 Å². The molecule has 1 aromatic carbocycles. The summed E-state index contributed by atoms with van der Waals surface area (Å²) >= 11 is 3.47. The third-order valence-corrected chi connectivity index (χ3v) is 4.56. The Morgan fingerprint density at radius 1 is 1.32 bits per heavy atom. The van der Waals surface area contributed by atoms with E-state index in [1.807, 2.05) is 0 Å². The van der Waals surface area contributed by atoms with Crippen LogP contribution in [0.15, 0.2) is 33.7 Å². The smallest absolute Gasteiger partial charge is 0.194 e. The molecule has 1 unspecified atom stereocenters. The van der Waals surface area contributed by atoms with Gasteiger partial charge in [-0.1, -0.05) is 28.1 Å². The number of hydrogen-bond donors (Lipinski definition) is 1. The van der Waals surface area contributed by atoms with Gasteiger partial charge in [0.1, 0.15) is 0 Å². The first kappa shape index (κ1) is 22.7. The van der Waals surface area contributed by atoms with Crippen LogP contribution in [0.25, 0.3) is 0 Å². The van der Waals surface area contributed by atoms with Crippen molar-refractivity contribution >= 4 is 45.9 Å². The fourth-order valence-electron chi connectivity index (χ4n) is 2.74. The molecule has 7 heteroatoms. The van der Waals surface area contributed by atoms with Gasteiger partial charge in [-0.3, -0.25) is 0 Å². The number of aliphatic imine (C=N–C) groups is 1. The van der Waals surface area contributed by atoms with Crippen LogP contribution >= 0.6 is 39.9 Å². The molecule has 1 saturated heterocycles. The van der Waals surface area contributed by atoms with Gasteiger partial charge < -0.3 is 19.7 Å². The highest BCUT2D eigenvalue weighted by Crippen LogP contribution is 2.17. The summed E-state index contributed by atoms with van der Waals surface area (Å²) in [6.07, 6.45) is 1.15. The molecule has 0 saturated carbocycles. The predicted molar refractivity (Wildman–Crippen MR) is 117 cm³/mol. The highest BCUT2D eigenvalue weighted by Gasteiger charge is 2.24. The van der Waals surface area contributed by atoms with Gasteiger partial charge in [0.25, 0.3) is 0 Å². The van der Waals surface area contributed by atoms with Crippen LogP contribution in [0.5, 0.6) is 0 Å². The molecule has 2 rings (SSSR count). The molecular formula is C18H29BrIN3O2. The summed E-state index contributed by atoms with van der Waals surface area (Å²) in [6.45, 7) is 7.84. The minimum absolute atomic E-state index is 0. The van der Waals surface area contributed by atoms with E-state index in [9.17, 15) is 0 Å². The molecule has 0 radical (unpaired) electrons. The van der Waals surface area contributed by atoms with Gasteiger partial charge >= 0.3 is 0 Å². The second-order valence-electron chi connectivity index (χ2n) is 5.97. The van der Waals surface area contributed by atoms with Crippen LogP contribution in [0.4, 0.5) is 0 Å². The fraction of sp³-hybridized carbons (Fsp3) is 0.611. The molecule has 1 N–H and O–H groups in total. The van der Waals surface area contributed by atoms with Gasteiger partial charge in [0.15, 0.2) is 5.96 Å². The lowest BCUT2D eigenvalue weighted by Gasteiger charge is -2.21. The maximum Gasteiger partial charge on any atom is 0.194 e. The van der Waals surface area contributed by atoms with Crippen LogP contribution < -0.4 is 5.32 Å². The van der Waals surface area contributed by atoms with Crippen molar-refractivity contribution in [2.24, 2.45) is 10.9 Å². The van der Waals surface area contributed by atoms with Crippen molar-refractivity contribution in [2.45, 2.75) is 19.9 Å². The minimum Gasteiger partial charge on any atom is -0.382 e. The fourth-order valence-corrected chi connectivity index (χ4v) is 3.00. The van der Waals surface area contributed by atoms with Gasteiger partial charge in [-0.25, -0.2) is 4.99 Å². The summed E-state index contributed by atoms with van der Waals surface area (Å²) in [4.78, 5) is 7.13. The number of rotatable bonds is 8. The molecule has 1 aliphatic heterocycles. The molecule has 0 bridgehead atoms. The second-order valence-corrected chi connectivity index (χ2v) is 6.88. The first-order chi connectivity index (χ1) is 11.7. The number of likely N-dealkylation sites (tertiary alicyclic amines) is 1. The average Bonchev–Trinajstić information content (AvgIpc) is 3.06. The van der Waals surface area contributed by atoms with E-state index >= 15 is 0 Å². The Morgan fingerprint density at radius 3 is 2.76 bits per heavy atom. The average molecular weight is 526 g/mol. The molecular weight excluding hydrogens is 497 g/mol. The molecule has 0 amide bonds. The van der Waals surface area contributed by atoms with E-state index in [2.05, 4.69) is 57.3 Å². The van der Waals surface area contributed by atoms with Gasteiger partial charge in [0.2, 0.25) is 0 Å². The summed E-state index contributed by atoms with van der Waals surface area (Å²) in [5.41, 5.74) is 1.22. The normalized spacial score (nSPS) is 17.5. The quantitative estimate of drug-likeness (QED) is 0.244. The minimum atomic E-state index is 0. The van der Waals surface area contributed by atoms with Gasteiger partial charge in [-0.2, -0.15) is 0 Å². The Balaban J connectivity index is 0.00000312.